The topological polar surface area (TPSA) is 0 Å². The molecule has 0 aliphatic carbocycles. The molecule has 0 fully saturated rings. The molecule has 0 atom stereocenters. The van der Waals surface area contributed by atoms with Crippen molar-refractivity contribution < 1.29 is 4.48 Å². The molecule has 0 unspecified atom stereocenters. The molecule has 0 radical (unpaired) electrons. The maximum Gasteiger partial charge on any atom is 0.134 e. The first kappa shape index (κ1) is 14.4. The molecule has 0 spiro atoms. The molecular weight excluding hydrogens is 238 g/mol. The van der Waals surface area contributed by atoms with E-state index in [0.29, 0.717) is 0 Å². The van der Waals surface area contributed by atoms with E-state index in [1.54, 1.807) is 0 Å². The molecule has 0 N–H and O–H groups in total. The largest absolute Gasteiger partial charge is 0.317 e. The first-order valence-corrected chi connectivity index (χ1v) is 7.20. The van der Waals surface area contributed by atoms with E-state index < -0.39 is 0 Å². The monoisotopic (exact) mass is 264 g/mol. The van der Waals surface area contributed by atoms with E-state index in [-0.39, 0.29) is 0 Å². The number of hydrogen-bond donors (Lipinski definition) is 0. The molecule has 0 aromatic carbocycles. The Morgan fingerprint density at radius 2 is 1.29 bits per heavy atom. The van der Waals surface area contributed by atoms with Gasteiger partial charge >= 0.3 is 0 Å². The second kappa shape index (κ2) is 8.72. The highest BCUT2D eigenvalue weighted by Crippen LogP contribution is 2.12. The lowest BCUT2D eigenvalue weighted by Gasteiger charge is -2.32. The van der Waals surface area contributed by atoms with Gasteiger partial charge in [-0.2, -0.15) is 0 Å². The SMILES string of the molecule is CCCCC[N+](C)(CBr)CCCCC. The molecule has 0 saturated heterocycles. The van der Waals surface area contributed by atoms with Crippen LogP contribution in [0.4, 0.5) is 0 Å². The summed E-state index contributed by atoms with van der Waals surface area (Å²) in [4.78, 5) is 0. The van der Waals surface area contributed by atoms with Crippen molar-refractivity contribution in [1.82, 2.24) is 0 Å². The molecule has 0 rings (SSSR count). The van der Waals surface area contributed by atoms with Gasteiger partial charge in [-0.1, -0.05) is 26.7 Å². The van der Waals surface area contributed by atoms with Gasteiger partial charge in [0.1, 0.15) is 5.45 Å². The maximum absolute atomic E-state index is 3.65. The fourth-order valence-electron chi connectivity index (χ4n) is 1.72. The van der Waals surface area contributed by atoms with Gasteiger partial charge in [0.15, 0.2) is 0 Å². The number of hydrogen-bond acceptors (Lipinski definition) is 0. The molecular formula is C12H27BrN+. The number of unbranched alkanes of at least 4 members (excludes halogenated alkanes) is 4. The number of alkyl halides is 1. The van der Waals surface area contributed by atoms with Crippen LogP contribution in [0.5, 0.6) is 0 Å². The van der Waals surface area contributed by atoms with Crippen LogP contribution < -0.4 is 0 Å². The van der Waals surface area contributed by atoms with Gasteiger partial charge in [0, 0.05) is 0 Å². The highest BCUT2D eigenvalue weighted by molar-refractivity contribution is 9.09. The lowest BCUT2D eigenvalue weighted by atomic mass is 10.2. The summed E-state index contributed by atoms with van der Waals surface area (Å²) in [6, 6.07) is 0. The standard InChI is InChI=1S/C12H27BrN/c1-4-6-8-10-14(3,12-13)11-9-7-5-2/h4-12H2,1-3H3/q+1. The Labute approximate surface area is 98.6 Å². The Bertz CT molecular complexity index is 115. The summed E-state index contributed by atoms with van der Waals surface area (Å²) in [5.74, 6) is 0. The minimum absolute atomic E-state index is 1.11. The Morgan fingerprint density at radius 3 is 1.57 bits per heavy atom. The van der Waals surface area contributed by atoms with Gasteiger partial charge in [0.2, 0.25) is 0 Å². The maximum atomic E-state index is 3.65. The van der Waals surface area contributed by atoms with Crippen molar-refractivity contribution in [3.05, 3.63) is 0 Å². The van der Waals surface area contributed by atoms with Crippen LogP contribution in [-0.4, -0.2) is 30.1 Å². The molecule has 0 saturated carbocycles. The smallest absolute Gasteiger partial charge is 0.134 e. The van der Waals surface area contributed by atoms with Gasteiger partial charge < -0.3 is 4.48 Å². The van der Waals surface area contributed by atoms with E-state index in [0.717, 1.165) is 5.45 Å². The van der Waals surface area contributed by atoms with Crippen molar-refractivity contribution in [2.24, 2.45) is 0 Å². The zero-order chi connectivity index (χ0) is 10.9. The summed E-state index contributed by atoms with van der Waals surface area (Å²) in [6.07, 6.45) is 8.19. The second-order valence-electron chi connectivity index (χ2n) is 4.60. The summed E-state index contributed by atoms with van der Waals surface area (Å²) in [5, 5.41) is 0. The highest BCUT2D eigenvalue weighted by Gasteiger charge is 2.18. The van der Waals surface area contributed by atoms with Crippen molar-refractivity contribution in [3.63, 3.8) is 0 Å². The van der Waals surface area contributed by atoms with Crippen molar-refractivity contribution in [1.29, 1.82) is 0 Å². The van der Waals surface area contributed by atoms with E-state index >= 15 is 0 Å². The first-order chi connectivity index (χ1) is 6.68. The minimum atomic E-state index is 1.11. The number of quaternary nitrogens is 1. The predicted octanol–water partition coefficient (Wildman–Crippen LogP) is 4.17. The molecule has 0 aromatic heterocycles. The van der Waals surface area contributed by atoms with E-state index in [2.05, 4.69) is 36.8 Å². The lowest BCUT2D eigenvalue weighted by Crippen LogP contribution is -2.44. The van der Waals surface area contributed by atoms with Crippen molar-refractivity contribution in [2.75, 3.05) is 25.6 Å². The fourth-order valence-corrected chi connectivity index (χ4v) is 2.22. The minimum Gasteiger partial charge on any atom is -0.317 e. The molecule has 0 bridgehead atoms. The van der Waals surface area contributed by atoms with Crippen LogP contribution in [0.1, 0.15) is 52.4 Å². The number of nitrogens with zero attached hydrogens (tertiary/aromatic N) is 1. The number of halogens is 1. The third-order valence-electron chi connectivity index (χ3n) is 2.89. The molecule has 2 heteroatoms. The summed E-state index contributed by atoms with van der Waals surface area (Å²) in [5.41, 5.74) is 1.11. The lowest BCUT2D eigenvalue weighted by molar-refractivity contribution is -0.896. The van der Waals surface area contributed by atoms with Crippen LogP contribution >= 0.6 is 15.9 Å². The zero-order valence-electron chi connectivity index (χ0n) is 10.2. The number of rotatable bonds is 9. The predicted molar refractivity (Wildman–Crippen MR) is 68.8 cm³/mol. The zero-order valence-corrected chi connectivity index (χ0v) is 11.8. The van der Waals surface area contributed by atoms with E-state index in [1.165, 1.54) is 56.1 Å². The molecule has 1 nitrogen and oxygen atoms in total. The first-order valence-electron chi connectivity index (χ1n) is 6.08. The molecule has 0 heterocycles. The van der Waals surface area contributed by atoms with Crippen LogP contribution in [0.15, 0.2) is 0 Å². The van der Waals surface area contributed by atoms with Crippen molar-refractivity contribution in [2.45, 2.75) is 52.4 Å². The van der Waals surface area contributed by atoms with E-state index in [9.17, 15) is 0 Å². The van der Waals surface area contributed by atoms with Gasteiger partial charge in [0.25, 0.3) is 0 Å². The molecule has 0 aromatic rings. The van der Waals surface area contributed by atoms with Crippen LogP contribution in [0.25, 0.3) is 0 Å². The molecule has 14 heavy (non-hydrogen) atoms. The average molecular weight is 265 g/mol. The normalized spacial score (nSPS) is 12.0. The summed E-state index contributed by atoms with van der Waals surface area (Å²) in [7, 11) is 2.38. The van der Waals surface area contributed by atoms with Gasteiger partial charge in [-0.25, -0.2) is 0 Å². The fraction of sp³-hybridized carbons (Fsp3) is 1.00. The molecule has 0 aliphatic heterocycles. The Kier molecular flexibility index (Phi) is 9.00. The Balaban J connectivity index is 3.67. The molecule has 0 amide bonds. The van der Waals surface area contributed by atoms with Crippen LogP contribution in [0.2, 0.25) is 0 Å². The van der Waals surface area contributed by atoms with Crippen LogP contribution in [-0.2, 0) is 0 Å². The Hall–Kier alpha value is 0.440. The van der Waals surface area contributed by atoms with Crippen LogP contribution in [0.3, 0.4) is 0 Å². The van der Waals surface area contributed by atoms with Crippen LogP contribution in [0, 0.1) is 0 Å². The van der Waals surface area contributed by atoms with E-state index in [4.69, 9.17) is 0 Å². The highest BCUT2D eigenvalue weighted by atomic mass is 79.9. The van der Waals surface area contributed by atoms with Gasteiger partial charge in [0.05, 0.1) is 20.1 Å². The quantitative estimate of drug-likeness (QED) is 0.254. The third-order valence-corrected chi connectivity index (χ3v) is 4.10. The van der Waals surface area contributed by atoms with Gasteiger partial charge in [-0.15, -0.1) is 0 Å². The second-order valence-corrected chi connectivity index (χ2v) is 5.10. The average Bonchev–Trinajstić information content (AvgIpc) is 2.19. The van der Waals surface area contributed by atoms with Gasteiger partial charge in [-0.05, 0) is 41.6 Å². The third kappa shape index (κ3) is 6.83. The van der Waals surface area contributed by atoms with Gasteiger partial charge in [-0.3, -0.25) is 0 Å². The molecule has 86 valence electrons. The van der Waals surface area contributed by atoms with Crippen molar-refractivity contribution in [3.8, 4) is 0 Å². The molecule has 0 aliphatic rings. The Morgan fingerprint density at radius 1 is 0.857 bits per heavy atom. The summed E-state index contributed by atoms with van der Waals surface area (Å²) >= 11 is 3.65. The van der Waals surface area contributed by atoms with Crippen molar-refractivity contribution >= 4 is 15.9 Å². The summed E-state index contributed by atoms with van der Waals surface area (Å²) < 4.78 is 1.21. The summed E-state index contributed by atoms with van der Waals surface area (Å²) in [6.45, 7) is 7.22. The van der Waals surface area contributed by atoms with E-state index in [1.807, 2.05) is 0 Å².